The summed E-state index contributed by atoms with van der Waals surface area (Å²) < 4.78 is 5.08. The molecule has 2 fully saturated rings. The average molecular weight is 392 g/mol. The van der Waals surface area contributed by atoms with Crippen molar-refractivity contribution in [2.75, 3.05) is 13.2 Å². The number of amides is 5. The van der Waals surface area contributed by atoms with Gasteiger partial charge in [-0.3, -0.25) is 9.69 Å². The molecule has 1 spiro atoms. The largest absolute Gasteiger partial charge is 0.463 e. The molecule has 1 unspecified atom stereocenters. The van der Waals surface area contributed by atoms with E-state index in [9.17, 15) is 19.2 Å². The molecule has 1 atom stereocenters. The smallest absolute Gasteiger partial charge is 0.337 e. The van der Waals surface area contributed by atoms with E-state index in [0.29, 0.717) is 12.8 Å². The number of hydrogen-bond donors (Lipinski definition) is 3. The predicted octanol–water partition coefficient (Wildman–Crippen LogP) is 1.54. The first-order valence-corrected chi connectivity index (χ1v) is 10.00. The van der Waals surface area contributed by atoms with E-state index in [1.807, 2.05) is 0 Å². The Morgan fingerprint density at radius 3 is 2.43 bits per heavy atom. The number of carbonyl (C=O) groups is 4. The molecule has 9 heteroatoms. The highest BCUT2D eigenvalue weighted by Crippen LogP contribution is 2.32. The number of hydrogen-bond acceptors (Lipinski definition) is 5. The van der Waals surface area contributed by atoms with Crippen molar-refractivity contribution in [1.82, 2.24) is 20.9 Å². The fraction of sp³-hybridized carbons (Fsp3) is 0.684. The third kappa shape index (κ3) is 3.83. The summed E-state index contributed by atoms with van der Waals surface area (Å²) in [5.41, 5.74) is -0.424. The van der Waals surface area contributed by atoms with Gasteiger partial charge in [-0.25, -0.2) is 14.4 Å². The molecule has 0 aromatic rings. The van der Waals surface area contributed by atoms with Gasteiger partial charge in [-0.1, -0.05) is 32.1 Å². The fourth-order valence-corrected chi connectivity index (χ4v) is 4.23. The summed E-state index contributed by atoms with van der Waals surface area (Å²) in [7, 11) is 0. The van der Waals surface area contributed by atoms with Crippen molar-refractivity contribution in [3.63, 3.8) is 0 Å². The SMILES string of the molecule is CCOC(=O)C1=C(CN2C(=O)NC3(CCCCCCC3)C2=O)NC(=O)NC1C. The van der Waals surface area contributed by atoms with Crippen molar-refractivity contribution >= 4 is 23.9 Å². The number of ether oxygens (including phenoxy) is 1. The Labute approximate surface area is 164 Å². The number of urea groups is 2. The molecular formula is C19H28N4O5. The number of nitrogens with zero attached hydrogens (tertiary/aromatic N) is 1. The molecule has 0 bridgehead atoms. The van der Waals surface area contributed by atoms with Crippen molar-refractivity contribution in [2.45, 2.75) is 70.4 Å². The van der Waals surface area contributed by atoms with Crippen molar-refractivity contribution in [1.29, 1.82) is 0 Å². The molecule has 1 saturated heterocycles. The van der Waals surface area contributed by atoms with E-state index in [-0.39, 0.29) is 30.3 Å². The van der Waals surface area contributed by atoms with E-state index in [1.54, 1.807) is 13.8 Å². The molecular weight excluding hydrogens is 364 g/mol. The summed E-state index contributed by atoms with van der Waals surface area (Å²) in [6.07, 6.45) is 6.23. The summed E-state index contributed by atoms with van der Waals surface area (Å²) >= 11 is 0. The maximum atomic E-state index is 13.2. The molecule has 0 aromatic carbocycles. The molecule has 3 rings (SSSR count). The highest BCUT2D eigenvalue weighted by Gasteiger charge is 2.51. The molecule has 1 aliphatic carbocycles. The number of esters is 1. The predicted molar refractivity (Wildman–Crippen MR) is 100 cm³/mol. The minimum absolute atomic E-state index is 0.168. The summed E-state index contributed by atoms with van der Waals surface area (Å²) in [6.45, 7) is 3.36. The minimum atomic E-state index is -0.870. The Balaban J connectivity index is 1.86. The quantitative estimate of drug-likeness (QED) is 0.496. The Morgan fingerprint density at radius 2 is 1.79 bits per heavy atom. The molecule has 2 heterocycles. The Hall–Kier alpha value is -2.58. The summed E-state index contributed by atoms with van der Waals surface area (Å²) in [6, 6.07) is -1.55. The van der Waals surface area contributed by atoms with Crippen LogP contribution < -0.4 is 16.0 Å². The molecule has 3 aliphatic rings. The fourth-order valence-electron chi connectivity index (χ4n) is 4.23. The van der Waals surface area contributed by atoms with Crippen molar-refractivity contribution in [3.05, 3.63) is 11.3 Å². The molecule has 9 nitrogen and oxygen atoms in total. The first-order valence-electron chi connectivity index (χ1n) is 10.00. The van der Waals surface area contributed by atoms with Crippen molar-refractivity contribution < 1.29 is 23.9 Å². The van der Waals surface area contributed by atoms with Crippen LogP contribution >= 0.6 is 0 Å². The van der Waals surface area contributed by atoms with E-state index >= 15 is 0 Å². The van der Waals surface area contributed by atoms with Gasteiger partial charge in [-0.15, -0.1) is 0 Å². The van der Waals surface area contributed by atoms with Gasteiger partial charge < -0.3 is 20.7 Å². The molecule has 0 radical (unpaired) electrons. The van der Waals surface area contributed by atoms with Gasteiger partial charge in [0.2, 0.25) is 0 Å². The lowest BCUT2D eigenvalue weighted by atomic mass is 9.84. The van der Waals surface area contributed by atoms with Crippen LogP contribution in [-0.4, -0.2) is 53.6 Å². The van der Waals surface area contributed by atoms with Gasteiger partial charge in [-0.2, -0.15) is 0 Å². The van der Waals surface area contributed by atoms with Gasteiger partial charge >= 0.3 is 18.0 Å². The lowest BCUT2D eigenvalue weighted by Gasteiger charge is -2.30. The van der Waals surface area contributed by atoms with Crippen LogP contribution in [0.25, 0.3) is 0 Å². The van der Waals surface area contributed by atoms with Crippen LogP contribution in [0.15, 0.2) is 11.3 Å². The zero-order valence-corrected chi connectivity index (χ0v) is 16.4. The van der Waals surface area contributed by atoms with Crippen LogP contribution in [-0.2, 0) is 14.3 Å². The first kappa shape index (κ1) is 20.2. The number of nitrogens with one attached hydrogen (secondary N) is 3. The highest BCUT2D eigenvalue weighted by molar-refractivity contribution is 6.07. The molecule has 154 valence electrons. The van der Waals surface area contributed by atoms with Crippen LogP contribution in [0.2, 0.25) is 0 Å². The van der Waals surface area contributed by atoms with Gasteiger partial charge in [0.1, 0.15) is 5.54 Å². The van der Waals surface area contributed by atoms with Gasteiger partial charge in [0.05, 0.1) is 30.5 Å². The standard InChI is InChI=1S/C19H28N4O5/c1-3-28-15(24)14-12(2)20-17(26)21-13(14)11-23-16(25)19(22-18(23)27)9-7-5-4-6-8-10-19/h12H,3-11H2,1-2H3,(H,22,27)(H2,20,21,26). The van der Waals surface area contributed by atoms with Crippen LogP contribution in [0.5, 0.6) is 0 Å². The van der Waals surface area contributed by atoms with Gasteiger partial charge in [0.15, 0.2) is 0 Å². The Morgan fingerprint density at radius 1 is 1.14 bits per heavy atom. The molecule has 5 amide bonds. The van der Waals surface area contributed by atoms with E-state index < -0.39 is 29.6 Å². The lowest BCUT2D eigenvalue weighted by Crippen LogP contribution is -2.52. The van der Waals surface area contributed by atoms with Gasteiger partial charge in [0.25, 0.3) is 5.91 Å². The summed E-state index contributed by atoms with van der Waals surface area (Å²) in [5, 5.41) is 8.07. The van der Waals surface area contributed by atoms with E-state index in [4.69, 9.17) is 4.74 Å². The zero-order chi connectivity index (χ0) is 20.3. The van der Waals surface area contributed by atoms with Gasteiger partial charge in [-0.05, 0) is 26.7 Å². The lowest BCUT2D eigenvalue weighted by molar-refractivity contribution is -0.139. The van der Waals surface area contributed by atoms with Crippen LogP contribution in [0.1, 0.15) is 58.8 Å². The zero-order valence-electron chi connectivity index (χ0n) is 16.4. The molecule has 28 heavy (non-hydrogen) atoms. The number of imide groups is 1. The maximum Gasteiger partial charge on any atom is 0.337 e. The van der Waals surface area contributed by atoms with Crippen LogP contribution in [0.3, 0.4) is 0 Å². The molecule has 2 aliphatic heterocycles. The van der Waals surface area contributed by atoms with Crippen LogP contribution in [0.4, 0.5) is 9.59 Å². The minimum Gasteiger partial charge on any atom is -0.463 e. The monoisotopic (exact) mass is 392 g/mol. The van der Waals surface area contributed by atoms with Gasteiger partial charge in [0, 0.05) is 0 Å². The third-order valence-corrected chi connectivity index (χ3v) is 5.63. The first-order chi connectivity index (χ1) is 13.4. The summed E-state index contributed by atoms with van der Waals surface area (Å²) in [5.74, 6) is -0.860. The maximum absolute atomic E-state index is 13.2. The van der Waals surface area contributed by atoms with Crippen molar-refractivity contribution in [3.8, 4) is 0 Å². The van der Waals surface area contributed by atoms with E-state index in [0.717, 1.165) is 37.0 Å². The average Bonchev–Trinajstić information content (AvgIpc) is 2.83. The highest BCUT2D eigenvalue weighted by atomic mass is 16.5. The molecule has 1 saturated carbocycles. The summed E-state index contributed by atoms with van der Waals surface area (Å²) in [4.78, 5) is 51.2. The van der Waals surface area contributed by atoms with Crippen LogP contribution in [0, 0.1) is 0 Å². The number of carbonyl (C=O) groups excluding carboxylic acids is 4. The second kappa shape index (κ2) is 8.20. The second-order valence-electron chi connectivity index (χ2n) is 7.60. The topological polar surface area (TPSA) is 117 Å². The Bertz CT molecular complexity index is 709. The normalized spacial score (nSPS) is 25.0. The molecule has 0 aromatic heterocycles. The van der Waals surface area contributed by atoms with Crippen molar-refractivity contribution in [2.24, 2.45) is 0 Å². The molecule has 3 N–H and O–H groups in total. The van der Waals surface area contributed by atoms with E-state index in [2.05, 4.69) is 16.0 Å². The van der Waals surface area contributed by atoms with E-state index in [1.165, 1.54) is 0 Å². The second-order valence-corrected chi connectivity index (χ2v) is 7.60. The number of rotatable bonds is 4. The third-order valence-electron chi connectivity index (χ3n) is 5.63. The Kier molecular flexibility index (Phi) is 5.90.